The van der Waals surface area contributed by atoms with Crippen molar-refractivity contribution in [3.05, 3.63) is 99.2 Å². The van der Waals surface area contributed by atoms with Crippen LogP contribution in [0.1, 0.15) is 28.1 Å². The van der Waals surface area contributed by atoms with Gasteiger partial charge in [-0.3, -0.25) is 9.20 Å². The predicted octanol–water partition coefficient (Wildman–Crippen LogP) is 5.35. The number of H-pyrrole nitrogens is 1. The molecule has 0 unspecified atom stereocenters. The Labute approximate surface area is 195 Å². The summed E-state index contributed by atoms with van der Waals surface area (Å²) in [6.07, 6.45) is 3.15. The molecule has 0 spiro atoms. The van der Waals surface area contributed by atoms with E-state index < -0.39 is 0 Å². The summed E-state index contributed by atoms with van der Waals surface area (Å²) in [5.74, 6) is 1.11. The maximum Gasteiger partial charge on any atom is 0.269 e. The maximum atomic E-state index is 13.6. The van der Waals surface area contributed by atoms with Crippen LogP contribution in [0, 0.1) is 32.1 Å². The Kier molecular flexibility index (Phi) is 5.19. The molecule has 0 amide bonds. The van der Waals surface area contributed by atoms with Crippen molar-refractivity contribution in [3.8, 4) is 17.7 Å². The number of benzene rings is 2. The van der Waals surface area contributed by atoms with Crippen molar-refractivity contribution in [1.82, 2.24) is 19.4 Å². The minimum Gasteiger partial charge on any atom is -0.438 e. The van der Waals surface area contributed by atoms with Gasteiger partial charge in [0.25, 0.3) is 5.56 Å². The van der Waals surface area contributed by atoms with Gasteiger partial charge in [-0.2, -0.15) is 10.2 Å². The lowest BCUT2D eigenvalue weighted by Gasteiger charge is -2.13. The fourth-order valence-corrected chi connectivity index (χ4v) is 3.81. The molecule has 34 heavy (non-hydrogen) atoms. The number of aryl methyl sites for hydroxylation is 2. The first-order chi connectivity index (χ1) is 16.5. The molecule has 0 aliphatic heterocycles. The first kappa shape index (κ1) is 21.2. The number of imidazole rings is 1. The van der Waals surface area contributed by atoms with Crippen LogP contribution in [0.2, 0.25) is 0 Å². The van der Waals surface area contributed by atoms with E-state index in [0.29, 0.717) is 17.2 Å². The molecule has 3 aromatic heterocycles. The van der Waals surface area contributed by atoms with Crippen LogP contribution in [0.15, 0.2) is 65.6 Å². The Bertz CT molecular complexity index is 1670. The second kappa shape index (κ2) is 8.34. The van der Waals surface area contributed by atoms with Crippen molar-refractivity contribution in [2.24, 2.45) is 0 Å². The molecule has 3 heterocycles. The van der Waals surface area contributed by atoms with Gasteiger partial charge in [-0.15, -0.1) is 0 Å². The highest BCUT2D eigenvalue weighted by atomic mass is 16.5. The van der Waals surface area contributed by atoms with E-state index in [-0.39, 0.29) is 22.6 Å². The van der Waals surface area contributed by atoms with Crippen LogP contribution < -0.4 is 10.3 Å². The minimum absolute atomic E-state index is 0.136. The Balaban J connectivity index is 1.75. The number of nitriles is 1. The lowest BCUT2D eigenvalue weighted by molar-refractivity contribution is 0.457. The molecule has 0 radical (unpaired) electrons. The number of nitrogens with zero attached hydrogens (tertiary/aromatic N) is 4. The summed E-state index contributed by atoms with van der Waals surface area (Å²) in [7, 11) is 0. The van der Waals surface area contributed by atoms with Gasteiger partial charge in [0, 0.05) is 6.20 Å². The van der Waals surface area contributed by atoms with Crippen LogP contribution in [-0.2, 0) is 0 Å². The second-order valence-electron chi connectivity index (χ2n) is 8.09. The highest BCUT2D eigenvalue weighted by Gasteiger charge is 2.18. The third-order valence-electron chi connectivity index (χ3n) is 5.86. The molecule has 7 nitrogen and oxygen atoms in total. The van der Waals surface area contributed by atoms with E-state index in [1.54, 1.807) is 12.3 Å². The number of nitrogens with one attached hydrogen (secondary N) is 1. The van der Waals surface area contributed by atoms with Gasteiger partial charge in [0.05, 0.1) is 16.6 Å². The Hall–Kier alpha value is -4.70. The number of hydrogen-bond acceptors (Lipinski definition) is 5. The summed E-state index contributed by atoms with van der Waals surface area (Å²) in [4.78, 5) is 25.9. The molecule has 5 aromatic rings. The molecule has 0 aliphatic rings. The monoisotopic (exact) mass is 447 g/mol. The zero-order valence-corrected chi connectivity index (χ0v) is 19.0. The summed E-state index contributed by atoms with van der Waals surface area (Å²) in [5.41, 5.74) is 4.90. The molecule has 0 aliphatic carbocycles. The maximum absolute atomic E-state index is 13.6. The molecule has 0 bridgehead atoms. The normalized spacial score (nSPS) is 11.6. The molecule has 0 saturated heterocycles. The predicted molar refractivity (Wildman–Crippen MR) is 132 cm³/mol. The minimum atomic E-state index is -0.335. The SMILES string of the molecule is Cc1cccc(Oc2nc3c(C)cccn3c(=O)c2C=C(C#N)c2nc3ccccc3[nH]2)c1C. The van der Waals surface area contributed by atoms with Gasteiger partial charge in [0.15, 0.2) is 0 Å². The van der Waals surface area contributed by atoms with Crippen molar-refractivity contribution in [2.75, 3.05) is 0 Å². The summed E-state index contributed by atoms with van der Waals surface area (Å²) < 4.78 is 7.66. The highest BCUT2D eigenvalue weighted by Crippen LogP contribution is 2.29. The van der Waals surface area contributed by atoms with Crippen LogP contribution in [0.25, 0.3) is 28.3 Å². The number of fused-ring (bicyclic) bond motifs is 2. The van der Waals surface area contributed by atoms with Crippen molar-refractivity contribution in [3.63, 3.8) is 0 Å². The van der Waals surface area contributed by atoms with E-state index in [0.717, 1.165) is 27.7 Å². The Morgan fingerprint density at radius 3 is 2.62 bits per heavy atom. The number of para-hydroxylation sites is 2. The zero-order valence-electron chi connectivity index (χ0n) is 19.0. The molecule has 166 valence electrons. The van der Waals surface area contributed by atoms with E-state index in [4.69, 9.17) is 4.74 Å². The third kappa shape index (κ3) is 3.61. The standard InChI is InChI=1S/C27H21N5O2/c1-16-8-6-12-23(18(16)3)34-26-20(27(33)32-13-7-9-17(2)25(32)31-26)14-19(15-28)24-29-21-10-4-5-11-22(21)30-24/h4-14H,1-3H3,(H,29,30). The first-order valence-corrected chi connectivity index (χ1v) is 10.8. The van der Waals surface area contributed by atoms with Gasteiger partial charge >= 0.3 is 0 Å². The number of allylic oxidation sites excluding steroid dienone is 1. The Morgan fingerprint density at radius 1 is 1.03 bits per heavy atom. The molecular weight excluding hydrogens is 426 g/mol. The van der Waals surface area contributed by atoms with E-state index in [1.807, 2.05) is 69.3 Å². The number of hydrogen-bond donors (Lipinski definition) is 1. The molecular formula is C27H21N5O2. The van der Waals surface area contributed by atoms with E-state index in [1.165, 1.54) is 10.5 Å². The molecule has 0 fully saturated rings. The molecule has 7 heteroatoms. The van der Waals surface area contributed by atoms with Crippen LogP contribution in [-0.4, -0.2) is 19.4 Å². The van der Waals surface area contributed by atoms with Crippen LogP contribution in [0.4, 0.5) is 0 Å². The number of ether oxygens (including phenoxy) is 1. The van der Waals surface area contributed by atoms with Gasteiger partial charge < -0.3 is 9.72 Å². The molecule has 5 rings (SSSR count). The van der Waals surface area contributed by atoms with Crippen molar-refractivity contribution in [2.45, 2.75) is 20.8 Å². The Morgan fingerprint density at radius 2 is 1.82 bits per heavy atom. The molecule has 2 aromatic carbocycles. The summed E-state index contributed by atoms with van der Waals surface area (Å²) in [6.45, 7) is 5.83. The lowest BCUT2D eigenvalue weighted by Crippen LogP contribution is -2.19. The number of aromatic amines is 1. The molecule has 1 N–H and O–H groups in total. The fraction of sp³-hybridized carbons (Fsp3) is 0.111. The quantitative estimate of drug-likeness (QED) is 0.375. The largest absolute Gasteiger partial charge is 0.438 e. The van der Waals surface area contributed by atoms with Gasteiger partial charge in [0.1, 0.15) is 28.9 Å². The topological polar surface area (TPSA) is 96.1 Å². The van der Waals surface area contributed by atoms with Crippen molar-refractivity contribution < 1.29 is 4.74 Å². The van der Waals surface area contributed by atoms with Gasteiger partial charge in [0.2, 0.25) is 5.88 Å². The third-order valence-corrected chi connectivity index (χ3v) is 5.86. The average Bonchev–Trinajstić information content (AvgIpc) is 3.27. The number of rotatable bonds is 4. The summed E-state index contributed by atoms with van der Waals surface area (Å²) in [6, 6.07) is 19.0. The fourth-order valence-electron chi connectivity index (χ4n) is 3.81. The smallest absolute Gasteiger partial charge is 0.269 e. The van der Waals surface area contributed by atoms with Crippen molar-refractivity contribution >= 4 is 28.3 Å². The van der Waals surface area contributed by atoms with E-state index in [2.05, 4.69) is 21.0 Å². The van der Waals surface area contributed by atoms with E-state index >= 15 is 0 Å². The molecule has 0 saturated carbocycles. The highest BCUT2D eigenvalue weighted by molar-refractivity contribution is 5.91. The van der Waals surface area contributed by atoms with Gasteiger partial charge in [-0.1, -0.05) is 30.3 Å². The van der Waals surface area contributed by atoms with Gasteiger partial charge in [-0.05, 0) is 67.8 Å². The second-order valence-corrected chi connectivity index (χ2v) is 8.09. The number of pyridine rings is 1. The summed E-state index contributed by atoms with van der Waals surface area (Å²) >= 11 is 0. The molecule has 0 atom stereocenters. The first-order valence-electron chi connectivity index (χ1n) is 10.8. The number of aromatic nitrogens is 4. The van der Waals surface area contributed by atoms with Crippen molar-refractivity contribution in [1.29, 1.82) is 5.26 Å². The van der Waals surface area contributed by atoms with E-state index in [9.17, 15) is 10.1 Å². The summed E-state index contributed by atoms with van der Waals surface area (Å²) in [5, 5.41) is 9.93. The zero-order chi connectivity index (χ0) is 23.8. The average molecular weight is 447 g/mol. The van der Waals surface area contributed by atoms with Gasteiger partial charge in [-0.25, -0.2) is 4.98 Å². The van der Waals surface area contributed by atoms with Crippen LogP contribution in [0.3, 0.4) is 0 Å². The van der Waals surface area contributed by atoms with Crippen LogP contribution in [0.5, 0.6) is 11.6 Å². The lowest BCUT2D eigenvalue weighted by atomic mass is 10.1. The van der Waals surface area contributed by atoms with Crippen LogP contribution >= 0.6 is 0 Å².